The van der Waals surface area contributed by atoms with E-state index in [1.807, 2.05) is 0 Å². The Morgan fingerprint density at radius 1 is 1.31 bits per heavy atom. The second kappa shape index (κ2) is 2.99. The van der Waals surface area contributed by atoms with Gasteiger partial charge in [0.25, 0.3) is 0 Å². The van der Waals surface area contributed by atoms with Crippen LogP contribution < -0.4 is 4.72 Å². The Balaban J connectivity index is 2.14. The Morgan fingerprint density at radius 2 is 1.92 bits per heavy atom. The molecule has 1 aromatic rings. The smallest absolute Gasteiger partial charge is 0.235 e. The molecule has 1 N–H and O–H groups in total. The zero-order valence-electron chi connectivity index (χ0n) is 6.97. The topological polar surface area (TPSA) is 59.1 Å². The predicted molar refractivity (Wildman–Crippen MR) is 49.8 cm³/mol. The maximum Gasteiger partial charge on any atom is 0.235 e. The first-order chi connectivity index (χ1) is 6.18. The average Bonchev–Trinajstić information content (AvgIpc) is 2.87. The van der Waals surface area contributed by atoms with Gasteiger partial charge in [-0.05, 0) is 25.0 Å². The van der Waals surface area contributed by atoms with Gasteiger partial charge < -0.3 is 0 Å². The van der Waals surface area contributed by atoms with Gasteiger partial charge in [0, 0.05) is 12.4 Å². The van der Waals surface area contributed by atoms with E-state index in [1.54, 1.807) is 24.5 Å². The molecule has 70 valence electrons. The molecule has 1 aromatic heterocycles. The zero-order chi connectivity index (χ0) is 9.31. The normalized spacial score (nSPS) is 16.9. The fourth-order valence-electron chi connectivity index (χ4n) is 1.05. The van der Waals surface area contributed by atoms with Crippen LogP contribution in [0, 0.1) is 0 Å². The Hall–Kier alpha value is -1.10. The number of rotatable bonds is 3. The molecule has 0 unspecified atom stereocenters. The minimum atomic E-state index is -3.12. The lowest BCUT2D eigenvalue weighted by atomic mass is 10.4. The highest BCUT2D eigenvalue weighted by Gasteiger charge is 2.35. The SMILES string of the molecule is O=S(=O)(Nc1ccncc1)C1CC1. The van der Waals surface area contributed by atoms with Crippen molar-refractivity contribution in [3.8, 4) is 0 Å². The van der Waals surface area contributed by atoms with E-state index in [1.165, 1.54) is 0 Å². The lowest BCUT2D eigenvalue weighted by Crippen LogP contribution is -2.17. The largest absolute Gasteiger partial charge is 0.283 e. The molecule has 0 aliphatic heterocycles. The lowest BCUT2D eigenvalue weighted by molar-refractivity contribution is 0.600. The number of pyridine rings is 1. The lowest BCUT2D eigenvalue weighted by Gasteiger charge is -2.05. The summed E-state index contributed by atoms with van der Waals surface area (Å²) in [5, 5.41) is -0.180. The van der Waals surface area contributed by atoms with Crippen LogP contribution >= 0.6 is 0 Å². The van der Waals surface area contributed by atoms with Crippen molar-refractivity contribution in [3.63, 3.8) is 0 Å². The average molecular weight is 198 g/mol. The Labute approximate surface area is 77.1 Å². The Kier molecular flexibility index (Phi) is 1.95. The fraction of sp³-hybridized carbons (Fsp3) is 0.375. The molecule has 0 radical (unpaired) electrons. The van der Waals surface area contributed by atoms with Crippen LogP contribution in [0.1, 0.15) is 12.8 Å². The highest BCUT2D eigenvalue weighted by atomic mass is 32.2. The van der Waals surface area contributed by atoms with Crippen molar-refractivity contribution in [2.24, 2.45) is 0 Å². The summed E-state index contributed by atoms with van der Waals surface area (Å²) in [7, 11) is -3.12. The van der Waals surface area contributed by atoms with E-state index in [9.17, 15) is 8.42 Å². The molecule has 1 aliphatic rings. The highest BCUT2D eigenvalue weighted by molar-refractivity contribution is 7.93. The number of nitrogens with one attached hydrogen (secondary N) is 1. The molecule has 2 rings (SSSR count). The minimum Gasteiger partial charge on any atom is -0.283 e. The summed E-state index contributed by atoms with van der Waals surface area (Å²) in [6, 6.07) is 3.28. The molecule has 0 spiro atoms. The quantitative estimate of drug-likeness (QED) is 0.787. The monoisotopic (exact) mass is 198 g/mol. The number of sulfonamides is 1. The van der Waals surface area contributed by atoms with Crippen molar-refractivity contribution < 1.29 is 8.42 Å². The molecule has 1 aliphatic carbocycles. The molecule has 0 aromatic carbocycles. The molecular weight excluding hydrogens is 188 g/mol. The molecule has 0 atom stereocenters. The van der Waals surface area contributed by atoms with Gasteiger partial charge in [-0.2, -0.15) is 0 Å². The van der Waals surface area contributed by atoms with Gasteiger partial charge in [0.05, 0.1) is 10.9 Å². The third kappa shape index (κ3) is 1.98. The summed E-state index contributed by atoms with van der Waals surface area (Å²) in [4.78, 5) is 3.80. The van der Waals surface area contributed by atoms with Gasteiger partial charge in [0.15, 0.2) is 0 Å². The molecule has 1 saturated carbocycles. The van der Waals surface area contributed by atoms with Crippen LogP contribution in [0.15, 0.2) is 24.5 Å². The zero-order valence-corrected chi connectivity index (χ0v) is 7.79. The van der Waals surface area contributed by atoms with Crippen LogP contribution in [0.2, 0.25) is 0 Å². The summed E-state index contributed by atoms with van der Waals surface area (Å²) in [6.07, 6.45) is 4.68. The van der Waals surface area contributed by atoms with Gasteiger partial charge in [-0.1, -0.05) is 0 Å². The van der Waals surface area contributed by atoms with E-state index in [0.717, 1.165) is 12.8 Å². The highest BCUT2D eigenvalue weighted by Crippen LogP contribution is 2.29. The van der Waals surface area contributed by atoms with E-state index in [4.69, 9.17) is 0 Å². The third-order valence-electron chi connectivity index (χ3n) is 1.90. The molecule has 0 amide bonds. The maximum absolute atomic E-state index is 11.4. The van der Waals surface area contributed by atoms with Crippen molar-refractivity contribution in [2.45, 2.75) is 18.1 Å². The molecule has 1 heterocycles. The van der Waals surface area contributed by atoms with Crippen molar-refractivity contribution in [3.05, 3.63) is 24.5 Å². The predicted octanol–water partition coefficient (Wildman–Crippen LogP) is 0.986. The van der Waals surface area contributed by atoms with Crippen LogP contribution in [0.3, 0.4) is 0 Å². The molecule has 5 heteroatoms. The first-order valence-corrected chi connectivity index (χ1v) is 5.65. The molecule has 0 saturated heterocycles. The van der Waals surface area contributed by atoms with Crippen molar-refractivity contribution >= 4 is 15.7 Å². The molecule has 0 bridgehead atoms. The van der Waals surface area contributed by atoms with Gasteiger partial charge in [-0.3, -0.25) is 9.71 Å². The van der Waals surface area contributed by atoms with Crippen LogP contribution in [0.4, 0.5) is 5.69 Å². The molecule has 13 heavy (non-hydrogen) atoms. The molecular formula is C8H10N2O2S. The van der Waals surface area contributed by atoms with E-state index in [0.29, 0.717) is 5.69 Å². The van der Waals surface area contributed by atoms with Crippen molar-refractivity contribution in [2.75, 3.05) is 4.72 Å². The first-order valence-electron chi connectivity index (χ1n) is 4.10. The summed E-state index contributed by atoms with van der Waals surface area (Å²) >= 11 is 0. The molecule has 1 fully saturated rings. The number of aromatic nitrogens is 1. The van der Waals surface area contributed by atoms with E-state index < -0.39 is 10.0 Å². The van der Waals surface area contributed by atoms with Crippen LogP contribution in [-0.4, -0.2) is 18.7 Å². The molecule has 4 nitrogen and oxygen atoms in total. The second-order valence-electron chi connectivity index (χ2n) is 3.08. The van der Waals surface area contributed by atoms with Crippen LogP contribution in [0.5, 0.6) is 0 Å². The standard InChI is InChI=1S/C8H10N2O2S/c11-13(12,8-1-2-8)10-7-3-5-9-6-4-7/h3-6,8H,1-2H2,(H,9,10). The van der Waals surface area contributed by atoms with E-state index in [2.05, 4.69) is 9.71 Å². The van der Waals surface area contributed by atoms with E-state index in [-0.39, 0.29) is 5.25 Å². The second-order valence-corrected chi connectivity index (χ2v) is 5.04. The Bertz CT molecular complexity index is 384. The minimum absolute atomic E-state index is 0.180. The van der Waals surface area contributed by atoms with Gasteiger partial charge in [0.1, 0.15) is 0 Å². The summed E-state index contributed by atoms with van der Waals surface area (Å²) in [5.74, 6) is 0. The van der Waals surface area contributed by atoms with Gasteiger partial charge in [-0.15, -0.1) is 0 Å². The summed E-state index contributed by atoms with van der Waals surface area (Å²) in [5.41, 5.74) is 0.585. The fourth-order valence-corrected chi connectivity index (χ4v) is 2.43. The third-order valence-corrected chi connectivity index (χ3v) is 3.77. The van der Waals surface area contributed by atoms with Gasteiger partial charge in [0.2, 0.25) is 10.0 Å². The number of anilines is 1. The number of nitrogens with zero attached hydrogens (tertiary/aromatic N) is 1. The number of hydrogen-bond acceptors (Lipinski definition) is 3. The van der Waals surface area contributed by atoms with Crippen molar-refractivity contribution in [1.29, 1.82) is 0 Å². The maximum atomic E-state index is 11.4. The number of hydrogen-bond donors (Lipinski definition) is 1. The summed E-state index contributed by atoms with van der Waals surface area (Å²) in [6.45, 7) is 0. The van der Waals surface area contributed by atoms with Crippen molar-refractivity contribution in [1.82, 2.24) is 4.98 Å². The first kappa shape index (κ1) is 8.50. The van der Waals surface area contributed by atoms with Crippen LogP contribution in [-0.2, 0) is 10.0 Å². The summed E-state index contributed by atoms with van der Waals surface area (Å²) < 4.78 is 25.4. The van der Waals surface area contributed by atoms with Crippen LogP contribution in [0.25, 0.3) is 0 Å². The van der Waals surface area contributed by atoms with E-state index >= 15 is 0 Å². The van der Waals surface area contributed by atoms with Gasteiger partial charge in [-0.25, -0.2) is 8.42 Å². The Morgan fingerprint density at radius 3 is 2.46 bits per heavy atom. The van der Waals surface area contributed by atoms with Gasteiger partial charge >= 0.3 is 0 Å².